The van der Waals surface area contributed by atoms with Crippen LogP contribution in [0.4, 0.5) is 0 Å². The molecule has 0 aliphatic heterocycles. The first-order valence-corrected chi connectivity index (χ1v) is 8.52. The van der Waals surface area contributed by atoms with Gasteiger partial charge in [0.2, 0.25) is 10.0 Å². The fourth-order valence-corrected chi connectivity index (χ4v) is 4.09. The Bertz CT molecular complexity index is 759. The fraction of sp³-hybridized carbons (Fsp3) is 0.294. The monoisotopic (exact) mass is 319 g/mol. The van der Waals surface area contributed by atoms with Crippen molar-refractivity contribution < 1.29 is 13.2 Å². The van der Waals surface area contributed by atoms with E-state index in [1.54, 1.807) is 7.11 Å². The normalized spacial score (nSPS) is 11.5. The lowest BCUT2D eigenvalue weighted by Gasteiger charge is -2.13. The molecule has 1 N–H and O–H groups in total. The summed E-state index contributed by atoms with van der Waals surface area (Å²) < 4.78 is 32.9. The Kier molecular flexibility index (Phi) is 4.88. The van der Waals surface area contributed by atoms with Crippen molar-refractivity contribution in [2.75, 3.05) is 7.11 Å². The molecular weight excluding hydrogens is 298 g/mol. The Morgan fingerprint density at radius 2 is 1.68 bits per heavy atom. The van der Waals surface area contributed by atoms with E-state index < -0.39 is 10.0 Å². The molecule has 0 saturated carbocycles. The van der Waals surface area contributed by atoms with Crippen molar-refractivity contribution in [1.82, 2.24) is 4.72 Å². The van der Waals surface area contributed by atoms with Gasteiger partial charge in [0.05, 0.1) is 12.0 Å². The van der Waals surface area contributed by atoms with E-state index in [0.717, 1.165) is 22.3 Å². The average molecular weight is 319 g/mol. The van der Waals surface area contributed by atoms with Crippen molar-refractivity contribution in [2.24, 2.45) is 0 Å². The average Bonchev–Trinajstić information content (AvgIpc) is 2.44. The first-order chi connectivity index (χ1) is 10.3. The summed E-state index contributed by atoms with van der Waals surface area (Å²) in [5, 5.41) is 0. The molecule has 0 saturated heterocycles. The smallest absolute Gasteiger partial charge is 0.241 e. The van der Waals surface area contributed by atoms with Gasteiger partial charge in [0.1, 0.15) is 5.75 Å². The summed E-state index contributed by atoms with van der Waals surface area (Å²) in [5.74, 6) is 0.708. The molecule has 118 valence electrons. The number of rotatable bonds is 5. The Hall–Kier alpha value is -1.85. The SMILES string of the molecule is COc1cccc(CNS(=O)(=O)c2c(C)cc(C)cc2C)c1. The summed E-state index contributed by atoms with van der Waals surface area (Å²) in [6.45, 7) is 5.83. The number of nitrogens with one attached hydrogen (secondary N) is 1. The van der Waals surface area contributed by atoms with Gasteiger partial charge in [0.25, 0.3) is 0 Å². The van der Waals surface area contributed by atoms with E-state index in [1.165, 1.54) is 0 Å². The standard InChI is InChI=1S/C17H21NO3S/c1-12-8-13(2)17(14(3)9-12)22(19,20)18-11-15-6-5-7-16(10-15)21-4/h5-10,18H,11H2,1-4H3. The van der Waals surface area contributed by atoms with Crippen LogP contribution in [-0.2, 0) is 16.6 Å². The number of hydrogen-bond donors (Lipinski definition) is 1. The van der Waals surface area contributed by atoms with Crippen LogP contribution >= 0.6 is 0 Å². The molecule has 0 aliphatic carbocycles. The highest BCUT2D eigenvalue weighted by Gasteiger charge is 2.19. The number of benzene rings is 2. The molecule has 22 heavy (non-hydrogen) atoms. The van der Waals surface area contributed by atoms with Gasteiger partial charge in [-0.2, -0.15) is 0 Å². The van der Waals surface area contributed by atoms with E-state index in [9.17, 15) is 8.42 Å². The van der Waals surface area contributed by atoms with E-state index in [1.807, 2.05) is 57.2 Å². The first kappa shape index (κ1) is 16.5. The first-order valence-electron chi connectivity index (χ1n) is 7.04. The van der Waals surface area contributed by atoms with Crippen LogP contribution < -0.4 is 9.46 Å². The predicted molar refractivity (Wildman–Crippen MR) is 87.7 cm³/mol. The molecule has 0 radical (unpaired) electrons. The van der Waals surface area contributed by atoms with Crippen LogP contribution in [0.25, 0.3) is 0 Å². The van der Waals surface area contributed by atoms with E-state index in [4.69, 9.17) is 4.74 Å². The van der Waals surface area contributed by atoms with E-state index in [2.05, 4.69) is 4.72 Å². The maximum atomic E-state index is 12.6. The Morgan fingerprint density at radius 3 is 2.27 bits per heavy atom. The van der Waals surface area contributed by atoms with E-state index in [-0.39, 0.29) is 6.54 Å². The highest BCUT2D eigenvalue weighted by Crippen LogP contribution is 2.22. The number of methoxy groups -OCH3 is 1. The van der Waals surface area contributed by atoms with Crippen molar-refractivity contribution in [3.05, 3.63) is 58.7 Å². The third-order valence-corrected chi connectivity index (χ3v) is 5.18. The maximum Gasteiger partial charge on any atom is 0.241 e. The summed E-state index contributed by atoms with van der Waals surface area (Å²) in [6.07, 6.45) is 0. The van der Waals surface area contributed by atoms with Crippen molar-refractivity contribution in [1.29, 1.82) is 0 Å². The van der Waals surface area contributed by atoms with Crippen LogP contribution in [0.15, 0.2) is 41.3 Å². The van der Waals surface area contributed by atoms with Gasteiger partial charge in [-0.1, -0.05) is 29.8 Å². The molecule has 0 spiro atoms. The van der Waals surface area contributed by atoms with Gasteiger partial charge in [-0.15, -0.1) is 0 Å². The summed E-state index contributed by atoms with van der Waals surface area (Å²) in [6, 6.07) is 11.1. The van der Waals surface area contributed by atoms with Crippen LogP contribution in [0.5, 0.6) is 5.75 Å². The van der Waals surface area contributed by atoms with Crippen molar-refractivity contribution in [2.45, 2.75) is 32.2 Å². The second-order valence-corrected chi connectivity index (χ2v) is 7.11. The van der Waals surface area contributed by atoms with Crippen LogP contribution in [0.2, 0.25) is 0 Å². The zero-order chi connectivity index (χ0) is 16.3. The van der Waals surface area contributed by atoms with Gasteiger partial charge >= 0.3 is 0 Å². The summed E-state index contributed by atoms with van der Waals surface area (Å²) >= 11 is 0. The minimum Gasteiger partial charge on any atom is -0.497 e. The molecule has 0 heterocycles. The zero-order valence-electron chi connectivity index (χ0n) is 13.3. The largest absolute Gasteiger partial charge is 0.497 e. The van der Waals surface area contributed by atoms with Crippen LogP contribution in [0.1, 0.15) is 22.3 Å². The van der Waals surface area contributed by atoms with Gasteiger partial charge in [0.15, 0.2) is 0 Å². The van der Waals surface area contributed by atoms with Gasteiger partial charge < -0.3 is 4.74 Å². The molecule has 2 aromatic carbocycles. The topological polar surface area (TPSA) is 55.4 Å². The molecule has 0 amide bonds. The maximum absolute atomic E-state index is 12.6. The number of hydrogen-bond acceptors (Lipinski definition) is 3. The molecule has 4 nitrogen and oxygen atoms in total. The number of ether oxygens (including phenoxy) is 1. The second-order valence-electron chi connectivity index (χ2n) is 5.40. The van der Waals surface area contributed by atoms with Gasteiger partial charge in [-0.25, -0.2) is 13.1 Å². The van der Waals surface area contributed by atoms with Crippen molar-refractivity contribution in [3.63, 3.8) is 0 Å². The molecule has 0 unspecified atom stereocenters. The minimum atomic E-state index is -3.55. The lowest BCUT2D eigenvalue weighted by atomic mass is 10.1. The summed E-state index contributed by atoms with van der Waals surface area (Å²) in [4.78, 5) is 0.362. The molecular formula is C17H21NO3S. The van der Waals surface area contributed by atoms with E-state index in [0.29, 0.717) is 10.6 Å². The van der Waals surface area contributed by atoms with Crippen LogP contribution in [0.3, 0.4) is 0 Å². The zero-order valence-corrected chi connectivity index (χ0v) is 14.1. The van der Waals surface area contributed by atoms with Crippen LogP contribution in [0, 0.1) is 20.8 Å². The minimum absolute atomic E-state index is 0.228. The summed E-state index contributed by atoms with van der Waals surface area (Å²) in [5.41, 5.74) is 3.43. The van der Waals surface area contributed by atoms with Crippen LogP contribution in [-0.4, -0.2) is 15.5 Å². The highest BCUT2D eigenvalue weighted by atomic mass is 32.2. The highest BCUT2D eigenvalue weighted by molar-refractivity contribution is 7.89. The quantitative estimate of drug-likeness (QED) is 0.921. The van der Waals surface area contributed by atoms with E-state index >= 15 is 0 Å². The lowest BCUT2D eigenvalue weighted by Crippen LogP contribution is -2.25. The second kappa shape index (κ2) is 6.50. The fourth-order valence-electron chi connectivity index (χ4n) is 2.62. The Morgan fingerprint density at radius 1 is 1.05 bits per heavy atom. The molecule has 0 fully saturated rings. The Labute approximate surface area is 132 Å². The van der Waals surface area contributed by atoms with Gasteiger partial charge in [-0.3, -0.25) is 0 Å². The molecule has 5 heteroatoms. The third kappa shape index (κ3) is 3.67. The Balaban J connectivity index is 2.25. The number of aryl methyl sites for hydroxylation is 3. The lowest BCUT2D eigenvalue weighted by molar-refractivity contribution is 0.414. The molecule has 2 aromatic rings. The molecule has 0 aliphatic rings. The molecule has 0 bridgehead atoms. The van der Waals surface area contributed by atoms with Crippen molar-refractivity contribution >= 4 is 10.0 Å². The number of sulfonamides is 1. The van der Waals surface area contributed by atoms with Gasteiger partial charge in [-0.05, 0) is 49.6 Å². The summed E-state index contributed by atoms with van der Waals surface area (Å²) in [7, 11) is -1.96. The van der Waals surface area contributed by atoms with Crippen molar-refractivity contribution in [3.8, 4) is 5.75 Å². The third-order valence-electron chi connectivity index (χ3n) is 3.47. The molecule has 0 atom stereocenters. The van der Waals surface area contributed by atoms with Gasteiger partial charge in [0, 0.05) is 6.54 Å². The molecule has 2 rings (SSSR count). The molecule has 0 aromatic heterocycles. The predicted octanol–water partition coefficient (Wildman–Crippen LogP) is 3.10.